The molecule has 4 aromatic rings. The second kappa shape index (κ2) is 10.8. The highest BCUT2D eigenvalue weighted by atomic mass is 32.1. The van der Waals surface area contributed by atoms with Gasteiger partial charge in [0.05, 0.1) is 35.9 Å². The smallest absolute Gasteiger partial charge is 0.307 e. The van der Waals surface area contributed by atoms with Gasteiger partial charge in [0.25, 0.3) is 0 Å². The molecule has 2 N–H and O–H groups in total. The van der Waals surface area contributed by atoms with Crippen LogP contribution in [0.1, 0.15) is 36.3 Å². The quantitative estimate of drug-likeness (QED) is 0.296. The van der Waals surface area contributed by atoms with Crippen molar-refractivity contribution < 1.29 is 23.4 Å². The maximum absolute atomic E-state index is 16.4. The molecule has 0 aromatic carbocycles. The number of halogens is 2. The Bertz CT molecular complexity index is 1590. The molecule has 3 saturated carbocycles. The first-order valence-electron chi connectivity index (χ1n) is 14.3. The van der Waals surface area contributed by atoms with E-state index >= 15 is 4.39 Å². The van der Waals surface area contributed by atoms with Crippen LogP contribution in [-0.2, 0) is 22.5 Å². The van der Waals surface area contributed by atoms with Crippen molar-refractivity contribution >= 4 is 28.3 Å². The normalized spacial score (nSPS) is 24.7. The Balaban J connectivity index is 1.30. The van der Waals surface area contributed by atoms with Gasteiger partial charge in [-0.2, -0.15) is 0 Å². The molecule has 214 valence electrons. The van der Waals surface area contributed by atoms with Gasteiger partial charge in [0.15, 0.2) is 11.6 Å². The lowest BCUT2D eigenvalue weighted by Gasteiger charge is -2.46. The van der Waals surface area contributed by atoms with E-state index in [1.807, 2.05) is 12.1 Å². The van der Waals surface area contributed by atoms with Crippen molar-refractivity contribution in [3.05, 3.63) is 52.8 Å². The largest absolute Gasteiger partial charge is 0.481 e. The van der Waals surface area contributed by atoms with E-state index in [0.717, 1.165) is 56.4 Å². The number of rotatable bonds is 7. The Morgan fingerprint density at radius 1 is 1.12 bits per heavy atom. The molecule has 1 aliphatic heterocycles. The topological polar surface area (TPSA) is 104 Å². The molecule has 8 nitrogen and oxygen atoms in total. The molecule has 0 unspecified atom stereocenters. The van der Waals surface area contributed by atoms with Gasteiger partial charge in [0.2, 0.25) is 0 Å². The molecule has 2 bridgehead atoms. The van der Waals surface area contributed by atoms with E-state index in [1.165, 1.54) is 17.4 Å². The Morgan fingerprint density at radius 2 is 1.90 bits per heavy atom. The summed E-state index contributed by atoms with van der Waals surface area (Å²) in [5, 5.41) is 10.6. The fourth-order valence-electron chi connectivity index (χ4n) is 7.12. The van der Waals surface area contributed by atoms with E-state index < -0.39 is 23.5 Å². The van der Waals surface area contributed by atoms with Crippen LogP contribution < -0.4 is 0 Å². The standard InChI is InChI=1S/C30H31F2N5O3S/c31-18-11-21-22(14-34-28(21)33-13-18)29-35-23(12-20-16-1-3-17(4-2-16)25(20)30(38)39)26(32)27(36-29)24-6-5-19(41-24)15-37-7-9-40-10-8-37/h5-6,11,13-14,16-17,20,25H,1-4,7-10,12,15H2,(H,33,34)(H,38,39)/t16?,17?,20-,25-/m0/s1. The first kappa shape index (κ1) is 26.6. The number of thiophene rings is 1. The van der Waals surface area contributed by atoms with Crippen molar-refractivity contribution in [3.63, 3.8) is 0 Å². The van der Waals surface area contributed by atoms with E-state index in [4.69, 9.17) is 4.74 Å². The SMILES string of the molecule is O=C(O)[C@H]1C2CCC(CC2)[C@@H]1Cc1nc(-c2c[nH]c3ncc(F)cc23)nc(-c2ccc(CN3CCOCC3)s2)c1F. The number of H-pyrrole nitrogens is 1. The predicted octanol–water partition coefficient (Wildman–Crippen LogP) is 5.54. The number of aromatic amines is 1. The van der Waals surface area contributed by atoms with Gasteiger partial charge < -0.3 is 14.8 Å². The molecule has 8 rings (SSSR count). The Kier molecular flexibility index (Phi) is 7.04. The lowest BCUT2D eigenvalue weighted by atomic mass is 9.57. The highest BCUT2D eigenvalue weighted by Gasteiger charge is 2.47. The third-order valence-electron chi connectivity index (χ3n) is 9.14. The lowest BCUT2D eigenvalue weighted by molar-refractivity contribution is -0.152. The molecular weight excluding hydrogens is 548 g/mol. The fraction of sp³-hybridized carbons (Fsp3) is 0.467. The number of nitrogens with zero attached hydrogens (tertiary/aromatic N) is 4. The number of pyridine rings is 1. The average Bonchev–Trinajstić information content (AvgIpc) is 3.62. The first-order valence-corrected chi connectivity index (χ1v) is 15.1. The number of aromatic nitrogens is 4. The van der Waals surface area contributed by atoms with Crippen molar-refractivity contribution in [2.75, 3.05) is 26.3 Å². The van der Waals surface area contributed by atoms with Gasteiger partial charge in [-0.1, -0.05) is 0 Å². The van der Waals surface area contributed by atoms with Crippen LogP contribution in [0, 0.1) is 35.3 Å². The van der Waals surface area contributed by atoms with E-state index in [2.05, 4.69) is 24.8 Å². The minimum absolute atomic E-state index is 0.119. The van der Waals surface area contributed by atoms with Gasteiger partial charge in [-0.25, -0.2) is 23.7 Å². The minimum atomic E-state index is -0.802. The van der Waals surface area contributed by atoms with Gasteiger partial charge in [-0.15, -0.1) is 11.3 Å². The maximum atomic E-state index is 16.4. The third kappa shape index (κ3) is 5.04. The molecule has 0 radical (unpaired) electrons. The number of carbonyl (C=O) groups is 1. The summed E-state index contributed by atoms with van der Waals surface area (Å²) < 4.78 is 36.0. The van der Waals surface area contributed by atoms with E-state index in [0.29, 0.717) is 34.7 Å². The monoisotopic (exact) mass is 579 g/mol. The summed E-state index contributed by atoms with van der Waals surface area (Å²) in [6, 6.07) is 5.26. The predicted molar refractivity (Wildman–Crippen MR) is 150 cm³/mol. The second-order valence-corrected chi connectivity index (χ2v) is 12.6. The van der Waals surface area contributed by atoms with Crippen LogP contribution >= 0.6 is 11.3 Å². The number of aliphatic carboxylic acids is 1. The Hall–Kier alpha value is -3.28. The molecule has 5 heterocycles. The van der Waals surface area contributed by atoms with Crippen LogP contribution in [0.2, 0.25) is 0 Å². The molecule has 11 heteroatoms. The summed E-state index contributed by atoms with van der Waals surface area (Å²) in [7, 11) is 0. The third-order valence-corrected chi connectivity index (χ3v) is 10.2. The van der Waals surface area contributed by atoms with E-state index in [-0.39, 0.29) is 41.4 Å². The summed E-state index contributed by atoms with van der Waals surface area (Å²) in [5.41, 5.74) is 1.42. The van der Waals surface area contributed by atoms with Crippen LogP contribution in [0.15, 0.2) is 30.6 Å². The van der Waals surface area contributed by atoms with E-state index in [1.54, 1.807) is 6.20 Å². The number of hydrogen-bond acceptors (Lipinski definition) is 7. The average molecular weight is 580 g/mol. The number of ether oxygens (including phenoxy) is 1. The Labute approximate surface area is 239 Å². The highest BCUT2D eigenvalue weighted by molar-refractivity contribution is 7.15. The van der Waals surface area contributed by atoms with Crippen LogP contribution in [0.5, 0.6) is 0 Å². The summed E-state index contributed by atoms with van der Waals surface area (Å²) in [6.45, 7) is 3.85. The van der Waals surface area contributed by atoms with Crippen molar-refractivity contribution in [1.82, 2.24) is 24.8 Å². The van der Waals surface area contributed by atoms with Gasteiger partial charge in [-0.3, -0.25) is 9.69 Å². The summed E-state index contributed by atoms with van der Waals surface area (Å²) in [4.78, 5) is 32.9. The van der Waals surface area contributed by atoms with Crippen molar-refractivity contribution in [2.24, 2.45) is 23.7 Å². The first-order chi connectivity index (χ1) is 19.9. The zero-order chi connectivity index (χ0) is 28.1. The van der Waals surface area contributed by atoms with Gasteiger partial charge in [0.1, 0.15) is 17.2 Å². The molecule has 3 aliphatic carbocycles. The fourth-order valence-corrected chi connectivity index (χ4v) is 8.16. The highest BCUT2D eigenvalue weighted by Crippen LogP contribution is 2.50. The summed E-state index contributed by atoms with van der Waals surface area (Å²) in [6.07, 6.45) is 6.79. The molecule has 2 atom stereocenters. The molecule has 1 saturated heterocycles. The number of carboxylic acids is 1. The molecule has 41 heavy (non-hydrogen) atoms. The molecular formula is C30H31F2N5O3S. The Morgan fingerprint density at radius 3 is 2.68 bits per heavy atom. The van der Waals surface area contributed by atoms with Gasteiger partial charge in [-0.05, 0) is 68.1 Å². The number of fused-ring (bicyclic) bond motifs is 4. The number of hydrogen-bond donors (Lipinski definition) is 2. The molecule has 0 amide bonds. The maximum Gasteiger partial charge on any atom is 0.307 e. The van der Waals surface area contributed by atoms with Crippen molar-refractivity contribution in [3.8, 4) is 22.0 Å². The van der Waals surface area contributed by atoms with E-state index in [9.17, 15) is 14.3 Å². The second-order valence-electron chi connectivity index (χ2n) is 11.5. The number of morpholine rings is 1. The van der Waals surface area contributed by atoms with Crippen molar-refractivity contribution in [2.45, 2.75) is 38.6 Å². The van der Waals surface area contributed by atoms with Crippen LogP contribution in [-0.4, -0.2) is 62.2 Å². The molecule has 4 aromatic heterocycles. The minimum Gasteiger partial charge on any atom is -0.481 e. The summed E-state index contributed by atoms with van der Waals surface area (Å²) in [5.74, 6) is -1.87. The van der Waals surface area contributed by atoms with Crippen molar-refractivity contribution in [1.29, 1.82) is 0 Å². The molecule has 0 spiro atoms. The summed E-state index contributed by atoms with van der Waals surface area (Å²) >= 11 is 1.49. The zero-order valence-electron chi connectivity index (χ0n) is 22.5. The lowest BCUT2D eigenvalue weighted by Crippen LogP contribution is -2.45. The van der Waals surface area contributed by atoms with Crippen LogP contribution in [0.25, 0.3) is 33.0 Å². The molecule has 4 fully saturated rings. The number of carboxylic acid groups (broad SMARTS) is 1. The molecule has 4 aliphatic rings. The van der Waals surface area contributed by atoms with Gasteiger partial charge in [0, 0.05) is 41.7 Å². The van der Waals surface area contributed by atoms with Crippen LogP contribution in [0.3, 0.4) is 0 Å². The number of nitrogens with one attached hydrogen (secondary N) is 1. The van der Waals surface area contributed by atoms with Gasteiger partial charge >= 0.3 is 5.97 Å². The zero-order valence-corrected chi connectivity index (χ0v) is 23.3. The van der Waals surface area contributed by atoms with Crippen LogP contribution in [0.4, 0.5) is 8.78 Å².